The molecule has 0 saturated carbocycles. The first kappa shape index (κ1) is 15.1. The fourth-order valence-electron chi connectivity index (χ4n) is 2.72. The van der Waals surface area contributed by atoms with Gasteiger partial charge in [-0.15, -0.1) is 0 Å². The Balaban J connectivity index is 1.47. The first-order valence-corrected chi connectivity index (χ1v) is 7.82. The SMILES string of the molecule is O=C1C[C@H](NCc2ncc[nH]2)CN1CCc1cccc(Cl)c1. The minimum Gasteiger partial charge on any atom is -0.348 e. The predicted octanol–water partition coefficient (Wildman–Crippen LogP) is 2.00. The molecule has 6 heteroatoms. The first-order valence-electron chi connectivity index (χ1n) is 7.44. The Morgan fingerprint density at radius 3 is 3.14 bits per heavy atom. The minimum atomic E-state index is 0.192. The largest absolute Gasteiger partial charge is 0.348 e. The molecule has 1 fully saturated rings. The van der Waals surface area contributed by atoms with Gasteiger partial charge in [-0.25, -0.2) is 4.98 Å². The molecular weight excluding hydrogens is 300 g/mol. The minimum absolute atomic E-state index is 0.192. The Labute approximate surface area is 134 Å². The molecule has 0 radical (unpaired) electrons. The van der Waals surface area contributed by atoms with Crippen LogP contribution in [0.5, 0.6) is 0 Å². The molecule has 3 rings (SSSR count). The summed E-state index contributed by atoms with van der Waals surface area (Å²) in [4.78, 5) is 21.2. The molecule has 22 heavy (non-hydrogen) atoms. The summed E-state index contributed by atoms with van der Waals surface area (Å²) in [6.07, 6.45) is 4.91. The zero-order valence-electron chi connectivity index (χ0n) is 12.3. The van der Waals surface area contributed by atoms with Gasteiger partial charge < -0.3 is 15.2 Å². The Morgan fingerprint density at radius 1 is 1.45 bits per heavy atom. The van der Waals surface area contributed by atoms with Crippen LogP contribution in [0.15, 0.2) is 36.7 Å². The molecule has 1 aromatic heterocycles. The zero-order chi connectivity index (χ0) is 15.4. The van der Waals surface area contributed by atoms with E-state index in [1.165, 1.54) is 0 Å². The molecule has 1 aliphatic rings. The normalized spacial score (nSPS) is 18.1. The van der Waals surface area contributed by atoms with Gasteiger partial charge in [-0.1, -0.05) is 23.7 Å². The summed E-state index contributed by atoms with van der Waals surface area (Å²) in [6.45, 7) is 2.14. The number of aromatic amines is 1. The number of halogens is 1. The molecule has 0 bridgehead atoms. The van der Waals surface area contributed by atoms with Crippen molar-refractivity contribution in [3.05, 3.63) is 53.1 Å². The Bertz CT molecular complexity index is 629. The molecule has 116 valence electrons. The first-order chi connectivity index (χ1) is 10.7. The average molecular weight is 319 g/mol. The van der Waals surface area contributed by atoms with Crippen LogP contribution < -0.4 is 5.32 Å². The van der Waals surface area contributed by atoms with E-state index in [4.69, 9.17) is 11.6 Å². The Kier molecular flexibility index (Phi) is 4.75. The molecule has 2 aromatic rings. The predicted molar refractivity (Wildman–Crippen MR) is 85.6 cm³/mol. The highest BCUT2D eigenvalue weighted by molar-refractivity contribution is 6.30. The van der Waals surface area contributed by atoms with Crippen LogP contribution in [0, 0.1) is 0 Å². The molecule has 1 aliphatic heterocycles. The van der Waals surface area contributed by atoms with Crippen molar-refractivity contribution in [2.75, 3.05) is 13.1 Å². The number of nitrogens with one attached hydrogen (secondary N) is 2. The third kappa shape index (κ3) is 3.87. The van der Waals surface area contributed by atoms with E-state index in [9.17, 15) is 4.79 Å². The van der Waals surface area contributed by atoms with Gasteiger partial charge in [-0.05, 0) is 24.1 Å². The summed E-state index contributed by atoms with van der Waals surface area (Å²) < 4.78 is 0. The van der Waals surface area contributed by atoms with Crippen LogP contribution in [-0.2, 0) is 17.8 Å². The number of carbonyl (C=O) groups is 1. The molecule has 2 N–H and O–H groups in total. The summed E-state index contributed by atoms with van der Waals surface area (Å²) in [6, 6.07) is 7.99. The highest BCUT2D eigenvalue weighted by atomic mass is 35.5. The summed E-state index contributed by atoms with van der Waals surface area (Å²) in [7, 11) is 0. The number of imidazole rings is 1. The number of rotatable bonds is 6. The Morgan fingerprint density at radius 2 is 2.36 bits per heavy atom. The van der Waals surface area contributed by atoms with Crippen molar-refractivity contribution in [3.8, 4) is 0 Å². The van der Waals surface area contributed by atoms with E-state index < -0.39 is 0 Å². The second kappa shape index (κ2) is 6.94. The van der Waals surface area contributed by atoms with Gasteiger partial charge in [0.25, 0.3) is 0 Å². The smallest absolute Gasteiger partial charge is 0.224 e. The molecular formula is C16H19ClN4O. The van der Waals surface area contributed by atoms with Crippen molar-refractivity contribution < 1.29 is 4.79 Å². The lowest BCUT2D eigenvalue weighted by Crippen LogP contribution is -2.33. The number of hydrogen-bond donors (Lipinski definition) is 2. The average Bonchev–Trinajstić information content (AvgIpc) is 3.13. The molecule has 1 amide bonds. The third-order valence-corrected chi connectivity index (χ3v) is 4.12. The lowest BCUT2D eigenvalue weighted by atomic mass is 10.1. The summed E-state index contributed by atoms with van der Waals surface area (Å²) in [5, 5.41) is 4.11. The van der Waals surface area contributed by atoms with Gasteiger partial charge in [0.1, 0.15) is 5.82 Å². The molecule has 0 spiro atoms. The maximum atomic E-state index is 12.1. The molecule has 5 nitrogen and oxygen atoms in total. The Hall–Kier alpha value is -1.85. The number of nitrogens with zero attached hydrogens (tertiary/aromatic N) is 2. The molecule has 0 aliphatic carbocycles. The van der Waals surface area contributed by atoms with Crippen molar-refractivity contribution >= 4 is 17.5 Å². The highest BCUT2D eigenvalue weighted by Gasteiger charge is 2.28. The van der Waals surface area contributed by atoms with Gasteiger partial charge in [0.15, 0.2) is 0 Å². The van der Waals surface area contributed by atoms with Crippen LogP contribution in [0.4, 0.5) is 0 Å². The second-order valence-corrected chi connectivity index (χ2v) is 5.97. The van der Waals surface area contributed by atoms with E-state index in [0.717, 1.165) is 35.9 Å². The van der Waals surface area contributed by atoms with E-state index in [2.05, 4.69) is 15.3 Å². The van der Waals surface area contributed by atoms with Gasteiger partial charge >= 0.3 is 0 Å². The van der Waals surface area contributed by atoms with Crippen LogP contribution in [-0.4, -0.2) is 39.9 Å². The quantitative estimate of drug-likeness (QED) is 0.856. The van der Waals surface area contributed by atoms with Crippen LogP contribution in [0.25, 0.3) is 0 Å². The van der Waals surface area contributed by atoms with Gasteiger partial charge in [-0.2, -0.15) is 0 Å². The lowest BCUT2D eigenvalue weighted by molar-refractivity contribution is -0.127. The van der Waals surface area contributed by atoms with Crippen LogP contribution in [0.1, 0.15) is 17.8 Å². The number of H-pyrrole nitrogens is 1. The van der Waals surface area contributed by atoms with E-state index in [1.807, 2.05) is 29.2 Å². The number of likely N-dealkylation sites (tertiary alicyclic amines) is 1. The fourth-order valence-corrected chi connectivity index (χ4v) is 2.93. The number of benzene rings is 1. The van der Waals surface area contributed by atoms with E-state index >= 15 is 0 Å². The fraction of sp³-hybridized carbons (Fsp3) is 0.375. The van der Waals surface area contributed by atoms with Crippen molar-refractivity contribution in [2.24, 2.45) is 0 Å². The van der Waals surface area contributed by atoms with Crippen LogP contribution >= 0.6 is 11.6 Å². The van der Waals surface area contributed by atoms with Crippen molar-refractivity contribution in [3.63, 3.8) is 0 Å². The lowest BCUT2D eigenvalue weighted by Gasteiger charge is -2.17. The van der Waals surface area contributed by atoms with Gasteiger partial charge in [0.2, 0.25) is 5.91 Å². The number of amides is 1. The zero-order valence-corrected chi connectivity index (χ0v) is 13.0. The van der Waals surface area contributed by atoms with E-state index in [-0.39, 0.29) is 11.9 Å². The van der Waals surface area contributed by atoms with Crippen molar-refractivity contribution in [1.82, 2.24) is 20.2 Å². The number of aromatic nitrogens is 2. The monoisotopic (exact) mass is 318 g/mol. The van der Waals surface area contributed by atoms with Crippen molar-refractivity contribution in [1.29, 1.82) is 0 Å². The maximum Gasteiger partial charge on any atom is 0.224 e. The standard InChI is InChI=1S/C16H19ClN4O/c17-13-3-1-2-12(8-13)4-7-21-11-14(9-16(21)22)20-10-15-18-5-6-19-15/h1-3,5-6,8,14,20H,4,7,9-11H2,(H,18,19)/t14-/m0/s1. The summed E-state index contributed by atoms with van der Waals surface area (Å²) >= 11 is 5.98. The van der Waals surface area contributed by atoms with Gasteiger partial charge in [0.05, 0.1) is 6.54 Å². The van der Waals surface area contributed by atoms with Gasteiger partial charge in [0, 0.05) is 43.0 Å². The van der Waals surface area contributed by atoms with Crippen LogP contribution in [0.3, 0.4) is 0 Å². The molecule has 1 atom stereocenters. The van der Waals surface area contributed by atoms with E-state index in [0.29, 0.717) is 13.0 Å². The molecule has 1 saturated heterocycles. The molecule has 1 aromatic carbocycles. The highest BCUT2D eigenvalue weighted by Crippen LogP contribution is 2.15. The van der Waals surface area contributed by atoms with Crippen LogP contribution in [0.2, 0.25) is 5.02 Å². The number of carbonyl (C=O) groups excluding carboxylic acids is 1. The third-order valence-electron chi connectivity index (χ3n) is 3.89. The van der Waals surface area contributed by atoms with Gasteiger partial charge in [-0.3, -0.25) is 4.79 Å². The molecule has 2 heterocycles. The van der Waals surface area contributed by atoms with E-state index in [1.54, 1.807) is 12.4 Å². The summed E-state index contributed by atoms with van der Waals surface area (Å²) in [5.41, 5.74) is 1.16. The maximum absolute atomic E-state index is 12.1. The summed E-state index contributed by atoms with van der Waals surface area (Å²) in [5.74, 6) is 1.10. The number of hydrogen-bond acceptors (Lipinski definition) is 3. The molecule has 0 unspecified atom stereocenters. The second-order valence-electron chi connectivity index (χ2n) is 5.54. The van der Waals surface area contributed by atoms with Crippen molar-refractivity contribution in [2.45, 2.75) is 25.4 Å². The topological polar surface area (TPSA) is 61.0 Å².